The van der Waals surface area contributed by atoms with E-state index in [0.29, 0.717) is 17.9 Å². The lowest BCUT2D eigenvalue weighted by molar-refractivity contribution is 0.231. The van der Waals surface area contributed by atoms with Crippen LogP contribution in [0.1, 0.15) is 19.0 Å². The van der Waals surface area contributed by atoms with Crippen LogP contribution in [0.15, 0.2) is 24.4 Å². The quantitative estimate of drug-likeness (QED) is 0.797. The van der Waals surface area contributed by atoms with Crippen molar-refractivity contribution in [3.8, 4) is 11.4 Å². The van der Waals surface area contributed by atoms with E-state index in [2.05, 4.69) is 14.3 Å². The fourth-order valence-corrected chi connectivity index (χ4v) is 4.13. The van der Waals surface area contributed by atoms with E-state index in [1.54, 1.807) is 6.07 Å². The molecule has 0 fully saturated rings. The van der Waals surface area contributed by atoms with Gasteiger partial charge < -0.3 is 0 Å². The highest BCUT2D eigenvalue weighted by molar-refractivity contribution is 7.86. The van der Waals surface area contributed by atoms with Crippen LogP contribution in [0, 0.1) is 11.2 Å². The lowest BCUT2D eigenvalue weighted by atomic mass is 9.84. The van der Waals surface area contributed by atoms with E-state index in [4.69, 9.17) is 0 Å². The number of nitrogens with zero attached hydrogens (tertiary/aromatic N) is 3. The Morgan fingerprint density at radius 1 is 1.39 bits per heavy atom. The number of halogens is 1. The molecule has 0 radical (unpaired) electrons. The predicted molar refractivity (Wildman–Crippen MR) is 82.6 cm³/mol. The average molecular weight is 339 g/mol. The monoisotopic (exact) mass is 339 g/mol. The van der Waals surface area contributed by atoms with E-state index in [1.165, 1.54) is 13.2 Å². The van der Waals surface area contributed by atoms with Crippen molar-refractivity contribution in [2.75, 3.05) is 12.9 Å². The molecule has 0 aliphatic carbocycles. The Kier molecular flexibility index (Phi) is 3.97. The summed E-state index contributed by atoms with van der Waals surface area (Å²) in [4.78, 5) is 4.03. The van der Waals surface area contributed by atoms with E-state index in [0.717, 1.165) is 24.7 Å². The molecular formula is C15H18FN3O3S. The van der Waals surface area contributed by atoms with Crippen LogP contribution in [-0.2, 0) is 27.3 Å². The molecule has 2 aromatic rings. The molecule has 3 heterocycles. The summed E-state index contributed by atoms with van der Waals surface area (Å²) >= 11 is 0. The number of aromatic nitrogens is 3. The summed E-state index contributed by atoms with van der Waals surface area (Å²) in [6.07, 6.45) is 2.62. The number of pyridine rings is 1. The Hall–Kier alpha value is -1.80. The molecule has 2 aromatic heterocycles. The van der Waals surface area contributed by atoms with Crippen LogP contribution < -0.4 is 0 Å². The average Bonchev–Trinajstić information content (AvgIpc) is 2.89. The van der Waals surface area contributed by atoms with Gasteiger partial charge in [-0.25, -0.2) is 4.39 Å². The third-order valence-corrected chi connectivity index (χ3v) is 5.71. The molecule has 124 valence electrons. The van der Waals surface area contributed by atoms with Gasteiger partial charge in [-0.2, -0.15) is 13.5 Å². The molecule has 6 nitrogen and oxygen atoms in total. The standard InChI is InChI=1S/C15H18FN3O3S/c1-15(10-23(20,21)22-2)6-5-12-7-14(18-19(12)9-15)13-4-3-11(16)8-17-13/h3-4,7-8H,5-6,9-10H2,1-2H3. The van der Waals surface area contributed by atoms with Crippen LogP contribution in [0.5, 0.6) is 0 Å². The van der Waals surface area contributed by atoms with Crippen LogP contribution in [-0.4, -0.2) is 36.0 Å². The molecule has 0 N–H and O–H groups in total. The van der Waals surface area contributed by atoms with Gasteiger partial charge in [0.1, 0.15) is 11.5 Å². The van der Waals surface area contributed by atoms with Crippen LogP contribution in [0.2, 0.25) is 0 Å². The summed E-state index contributed by atoms with van der Waals surface area (Å²) in [5.74, 6) is -0.435. The van der Waals surface area contributed by atoms with Crippen molar-refractivity contribution in [1.29, 1.82) is 0 Å². The van der Waals surface area contributed by atoms with Crippen LogP contribution in [0.25, 0.3) is 11.4 Å². The van der Waals surface area contributed by atoms with Crippen LogP contribution in [0.4, 0.5) is 4.39 Å². The van der Waals surface area contributed by atoms with Gasteiger partial charge in [-0.1, -0.05) is 6.92 Å². The van der Waals surface area contributed by atoms with Gasteiger partial charge in [0.2, 0.25) is 0 Å². The number of hydrogen-bond acceptors (Lipinski definition) is 5. The molecule has 0 aromatic carbocycles. The summed E-state index contributed by atoms with van der Waals surface area (Å²) in [5, 5.41) is 4.50. The van der Waals surface area contributed by atoms with Gasteiger partial charge in [-0.05, 0) is 31.0 Å². The zero-order valence-electron chi connectivity index (χ0n) is 13.0. The van der Waals surface area contributed by atoms with E-state index in [1.807, 2.05) is 17.7 Å². The van der Waals surface area contributed by atoms with Gasteiger partial charge in [-0.15, -0.1) is 0 Å². The van der Waals surface area contributed by atoms with Crippen molar-refractivity contribution >= 4 is 10.1 Å². The normalized spacial score (nSPS) is 21.2. The molecule has 0 amide bonds. The summed E-state index contributed by atoms with van der Waals surface area (Å²) in [7, 11) is -2.35. The number of fused-ring (bicyclic) bond motifs is 1. The van der Waals surface area contributed by atoms with Gasteiger partial charge in [0.15, 0.2) is 0 Å². The van der Waals surface area contributed by atoms with E-state index >= 15 is 0 Å². The molecule has 1 aliphatic rings. The van der Waals surface area contributed by atoms with Gasteiger partial charge in [0, 0.05) is 17.7 Å². The molecule has 23 heavy (non-hydrogen) atoms. The van der Waals surface area contributed by atoms with Crippen molar-refractivity contribution in [3.63, 3.8) is 0 Å². The summed E-state index contributed by atoms with van der Waals surface area (Å²) in [5.41, 5.74) is 1.86. The SMILES string of the molecule is COS(=O)(=O)CC1(C)CCc2cc(-c3ccc(F)cn3)nn2C1. The fraction of sp³-hybridized carbons (Fsp3) is 0.467. The second-order valence-electron chi connectivity index (χ2n) is 6.22. The van der Waals surface area contributed by atoms with Crippen molar-refractivity contribution < 1.29 is 17.0 Å². The third-order valence-electron chi connectivity index (χ3n) is 4.15. The highest BCUT2D eigenvalue weighted by Gasteiger charge is 2.35. The van der Waals surface area contributed by atoms with E-state index < -0.39 is 21.4 Å². The first-order chi connectivity index (χ1) is 10.8. The first-order valence-corrected chi connectivity index (χ1v) is 8.85. The van der Waals surface area contributed by atoms with Crippen molar-refractivity contribution in [2.45, 2.75) is 26.3 Å². The van der Waals surface area contributed by atoms with Crippen molar-refractivity contribution in [1.82, 2.24) is 14.8 Å². The number of aryl methyl sites for hydroxylation is 1. The maximum Gasteiger partial charge on any atom is 0.267 e. The van der Waals surface area contributed by atoms with Gasteiger partial charge >= 0.3 is 0 Å². The first kappa shape index (κ1) is 16.1. The number of hydrogen-bond donors (Lipinski definition) is 0. The highest BCUT2D eigenvalue weighted by atomic mass is 32.2. The number of rotatable bonds is 4. The summed E-state index contributed by atoms with van der Waals surface area (Å²) in [6, 6.07) is 4.85. The predicted octanol–water partition coefficient (Wildman–Crippen LogP) is 2.01. The third kappa shape index (κ3) is 3.42. The van der Waals surface area contributed by atoms with Crippen molar-refractivity contribution in [2.24, 2.45) is 5.41 Å². The van der Waals surface area contributed by atoms with Crippen LogP contribution in [0.3, 0.4) is 0 Å². The lowest BCUT2D eigenvalue weighted by Crippen LogP contribution is -2.36. The molecule has 1 atom stereocenters. The Labute approximate surface area is 134 Å². The van der Waals surface area contributed by atoms with Crippen molar-refractivity contribution in [3.05, 3.63) is 35.9 Å². The van der Waals surface area contributed by atoms with Gasteiger partial charge in [0.05, 0.1) is 24.8 Å². The molecule has 0 saturated carbocycles. The van der Waals surface area contributed by atoms with Crippen LogP contribution >= 0.6 is 0 Å². The Morgan fingerprint density at radius 2 is 2.17 bits per heavy atom. The highest BCUT2D eigenvalue weighted by Crippen LogP contribution is 2.34. The molecule has 1 aliphatic heterocycles. The fourth-order valence-electron chi connectivity index (χ4n) is 2.92. The molecule has 0 spiro atoms. The molecule has 0 bridgehead atoms. The first-order valence-electron chi connectivity index (χ1n) is 7.27. The van der Waals surface area contributed by atoms with E-state index in [-0.39, 0.29) is 5.75 Å². The summed E-state index contributed by atoms with van der Waals surface area (Å²) in [6.45, 7) is 2.41. The largest absolute Gasteiger partial charge is 0.273 e. The molecule has 0 saturated heterocycles. The van der Waals surface area contributed by atoms with Gasteiger partial charge in [0.25, 0.3) is 10.1 Å². The second-order valence-corrected chi connectivity index (χ2v) is 7.96. The molecule has 1 unspecified atom stereocenters. The lowest BCUT2D eigenvalue weighted by Gasteiger charge is -2.33. The summed E-state index contributed by atoms with van der Waals surface area (Å²) < 4.78 is 42.8. The zero-order chi connectivity index (χ0) is 16.7. The smallest absolute Gasteiger partial charge is 0.267 e. The minimum absolute atomic E-state index is 0.0417. The van der Waals surface area contributed by atoms with Gasteiger partial charge in [-0.3, -0.25) is 13.8 Å². The Balaban J connectivity index is 1.86. The zero-order valence-corrected chi connectivity index (χ0v) is 13.8. The molecular weight excluding hydrogens is 321 g/mol. The maximum absolute atomic E-state index is 13.0. The molecule has 3 rings (SSSR count). The minimum Gasteiger partial charge on any atom is -0.273 e. The Bertz CT molecular complexity index is 817. The minimum atomic E-state index is -3.53. The Morgan fingerprint density at radius 3 is 2.83 bits per heavy atom. The second kappa shape index (κ2) is 5.68. The van der Waals surface area contributed by atoms with E-state index in [9.17, 15) is 12.8 Å². The molecule has 8 heteroatoms. The topological polar surface area (TPSA) is 74.1 Å². The maximum atomic E-state index is 13.0.